The summed E-state index contributed by atoms with van der Waals surface area (Å²) < 4.78 is 38.0. The van der Waals surface area contributed by atoms with E-state index in [9.17, 15) is 18.0 Å². The third-order valence-corrected chi connectivity index (χ3v) is 3.66. The van der Waals surface area contributed by atoms with Crippen molar-refractivity contribution in [2.45, 2.75) is 6.18 Å². The second-order valence-corrected chi connectivity index (χ2v) is 5.51. The van der Waals surface area contributed by atoms with Crippen LogP contribution in [0.4, 0.5) is 18.9 Å². The molecule has 1 amide bonds. The molecule has 0 radical (unpaired) electrons. The molecular formula is C18H15F3N4O. The molecule has 0 saturated carbocycles. The van der Waals surface area contributed by atoms with Crippen molar-refractivity contribution in [1.29, 1.82) is 0 Å². The summed E-state index contributed by atoms with van der Waals surface area (Å²) in [6.07, 6.45) is -1.16. The predicted molar refractivity (Wildman–Crippen MR) is 94.0 cm³/mol. The number of alkyl halides is 3. The molecule has 1 aromatic heterocycles. The van der Waals surface area contributed by atoms with E-state index in [0.717, 1.165) is 28.6 Å². The highest BCUT2D eigenvalue weighted by Gasteiger charge is 2.30. The standard InChI is InChI=1S/C18H15F3N4O/c19-18(20,21)13-4-3-5-14(8-13)22-11-17(26)25-24-10-12-9-23-16-7-2-1-6-15(12)16/h1-10,22-23H,11H2,(H,25,26)/b24-10+. The molecular weight excluding hydrogens is 345 g/mol. The minimum atomic E-state index is -4.43. The third-order valence-electron chi connectivity index (χ3n) is 3.66. The number of rotatable bonds is 5. The van der Waals surface area contributed by atoms with E-state index >= 15 is 0 Å². The lowest BCUT2D eigenvalue weighted by molar-refractivity contribution is -0.137. The average molecular weight is 360 g/mol. The highest BCUT2D eigenvalue weighted by molar-refractivity contribution is 5.99. The Morgan fingerprint density at radius 2 is 1.96 bits per heavy atom. The summed E-state index contributed by atoms with van der Waals surface area (Å²) in [4.78, 5) is 14.9. The van der Waals surface area contributed by atoms with Gasteiger partial charge in [-0.3, -0.25) is 4.79 Å². The maximum Gasteiger partial charge on any atom is 0.416 e. The Morgan fingerprint density at radius 1 is 1.15 bits per heavy atom. The number of nitrogens with zero attached hydrogens (tertiary/aromatic N) is 1. The van der Waals surface area contributed by atoms with Crippen LogP contribution in [0, 0.1) is 0 Å². The van der Waals surface area contributed by atoms with E-state index in [-0.39, 0.29) is 12.2 Å². The molecule has 0 aliphatic heterocycles. The molecule has 5 nitrogen and oxygen atoms in total. The van der Waals surface area contributed by atoms with Crippen LogP contribution in [0.3, 0.4) is 0 Å². The number of anilines is 1. The number of aromatic amines is 1. The lowest BCUT2D eigenvalue weighted by Crippen LogP contribution is -2.26. The van der Waals surface area contributed by atoms with E-state index < -0.39 is 17.6 Å². The number of para-hydroxylation sites is 1. The van der Waals surface area contributed by atoms with E-state index in [2.05, 4.69) is 20.8 Å². The molecule has 0 saturated heterocycles. The topological polar surface area (TPSA) is 69.3 Å². The molecule has 8 heteroatoms. The third kappa shape index (κ3) is 4.21. The van der Waals surface area contributed by atoms with Gasteiger partial charge >= 0.3 is 6.18 Å². The van der Waals surface area contributed by atoms with Gasteiger partial charge in [0.15, 0.2) is 0 Å². The normalized spacial score (nSPS) is 11.8. The van der Waals surface area contributed by atoms with Crippen molar-refractivity contribution in [2.24, 2.45) is 5.10 Å². The number of hydrazone groups is 1. The molecule has 3 N–H and O–H groups in total. The lowest BCUT2D eigenvalue weighted by atomic mass is 10.2. The van der Waals surface area contributed by atoms with Crippen LogP contribution in [0.15, 0.2) is 59.8 Å². The summed E-state index contributed by atoms with van der Waals surface area (Å²) in [5.74, 6) is -0.474. The summed E-state index contributed by atoms with van der Waals surface area (Å²) in [5.41, 5.74) is 3.52. The Hall–Kier alpha value is -3.29. The van der Waals surface area contributed by atoms with Gasteiger partial charge in [-0.05, 0) is 24.3 Å². The number of amides is 1. The maximum absolute atomic E-state index is 12.7. The number of fused-ring (bicyclic) bond motifs is 1. The zero-order chi connectivity index (χ0) is 18.6. The SMILES string of the molecule is O=C(CNc1cccc(C(F)(F)F)c1)N/N=C/c1c[nH]c2ccccc12. The summed E-state index contributed by atoms with van der Waals surface area (Å²) >= 11 is 0. The predicted octanol–water partition coefficient (Wildman–Crippen LogP) is 3.75. The molecule has 0 fully saturated rings. The zero-order valence-corrected chi connectivity index (χ0v) is 13.5. The number of carbonyl (C=O) groups excluding carboxylic acids is 1. The van der Waals surface area contributed by atoms with Gasteiger partial charge in [-0.25, -0.2) is 5.43 Å². The van der Waals surface area contributed by atoms with Gasteiger partial charge in [0.2, 0.25) is 0 Å². The smallest absolute Gasteiger partial charge is 0.376 e. The number of hydrogen-bond acceptors (Lipinski definition) is 3. The van der Waals surface area contributed by atoms with Crippen LogP contribution in [0.2, 0.25) is 0 Å². The number of aromatic nitrogens is 1. The van der Waals surface area contributed by atoms with Gasteiger partial charge in [-0.1, -0.05) is 24.3 Å². The molecule has 0 bridgehead atoms. The van der Waals surface area contributed by atoms with Crippen molar-refractivity contribution < 1.29 is 18.0 Å². The van der Waals surface area contributed by atoms with Crippen molar-refractivity contribution in [2.75, 3.05) is 11.9 Å². The number of H-pyrrole nitrogens is 1. The van der Waals surface area contributed by atoms with E-state index in [1.807, 2.05) is 24.3 Å². The Bertz CT molecular complexity index is 947. The van der Waals surface area contributed by atoms with Gasteiger partial charge in [-0.2, -0.15) is 18.3 Å². The minimum absolute atomic E-state index is 0.202. The number of nitrogens with one attached hydrogen (secondary N) is 3. The molecule has 0 atom stereocenters. The highest BCUT2D eigenvalue weighted by Crippen LogP contribution is 2.30. The van der Waals surface area contributed by atoms with Crippen LogP contribution in [0.25, 0.3) is 10.9 Å². The lowest BCUT2D eigenvalue weighted by Gasteiger charge is -2.09. The number of halogens is 3. The van der Waals surface area contributed by atoms with Gasteiger partial charge < -0.3 is 10.3 Å². The molecule has 1 heterocycles. The summed E-state index contributed by atoms with van der Waals surface area (Å²) in [7, 11) is 0. The zero-order valence-electron chi connectivity index (χ0n) is 13.5. The molecule has 3 rings (SSSR count). The molecule has 134 valence electrons. The van der Waals surface area contributed by atoms with Crippen LogP contribution >= 0.6 is 0 Å². The molecule has 26 heavy (non-hydrogen) atoms. The van der Waals surface area contributed by atoms with Crippen LogP contribution in [0.1, 0.15) is 11.1 Å². The van der Waals surface area contributed by atoms with Gasteiger partial charge in [0.25, 0.3) is 5.91 Å². The summed E-state index contributed by atoms with van der Waals surface area (Å²) in [6.45, 7) is -0.202. The Balaban J connectivity index is 1.55. The molecule has 2 aromatic carbocycles. The average Bonchev–Trinajstić information content (AvgIpc) is 3.03. The molecule has 0 aliphatic rings. The first-order chi connectivity index (χ1) is 12.4. The van der Waals surface area contributed by atoms with E-state index in [0.29, 0.717) is 0 Å². The maximum atomic E-state index is 12.7. The minimum Gasteiger partial charge on any atom is -0.376 e. The fourth-order valence-corrected chi connectivity index (χ4v) is 2.40. The van der Waals surface area contributed by atoms with Crippen molar-refractivity contribution >= 4 is 28.7 Å². The van der Waals surface area contributed by atoms with Crippen LogP contribution in [-0.2, 0) is 11.0 Å². The van der Waals surface area contributed by atoms with Crippen LogP contribution in [0.5, 0.6) is 0 Å². The van der Waals surface area contributed by atoms with Gasteiger partial charge in [-0.15, -0.1) is 0 Å². The quantitative estimate of drug-likeness (QED) is 0.479. The Kier molecular flexibility index (Phi) is 4.92. The first kappa shape index (κ1) is 17.5. The molecule has 3 aromatic rings. The van der Waals surface area contributed by atoms with Crippen LogP contribution < -0.4 is 10.7 Å². The van der Waals surface area contributed by atoms with Crippen molar-refractivity contribution in [1.82, 2.24) is 10.4 Å². The second kappa shape index (κ2) is 7.30. The van der Waals surface area contributed by atoms with Gasteiger partial charge in [0.05, 0.1) is 18.3 Å². The number of hydrogen-bond donors (Lipinski definition) is 3. The highest BCUT2D eigenvalue weighted by atomic mass is 19.4. The number of benzene rings is 2. The molecule has 0 unspecified atom stereocenters. The van der Waals surface area contributed by atoms with Gasteiger partial charge in [0, 0.05) is 28.4 Å². The Labute approximate surface area is 146 Å². The van der Waals surface area contributed by atoms with Crippen molar-refractivity contribution in [3.63, 3.8) is 0 Å². The first-order valence-corrected chi connectivity index (χ1v) is 7.72. The first-order valence-electron chi connectivity index (χ1n) is 7.72. The molecule has 0 aliphatic carbocycles. The monoisotopic (exact) mass is 360 g/mol. The van der Waals surface area contributed by atoms with Crippen molar-refractivity contribution in [3.05, 3.63) is 65.9 Å². The second-order valence-electron chi connectivity index (χ2n) is 5.51. The Morgan fingerprint density at radius 3 is 2.77 bits per heavy atom. The van der Waals surface area contributed by atoms with Gasteiger partial charge in [0.1, 0.15) is 0 Å². The number of carbonyl (C=O) groups is 1. The van der Waals surface area contributed by atoms with E-state index in [1.54, 1.807) is 6.20 Å². The summed E-state index contributed by atoms with van der Waals surface area (Å²) in [5, 5.41) is 7.47. The fourth-order valence-electron chi connectivity index (χ4n) is 2.40. The van der Waals surface area contributed by atoms with E-state index in [4.69, 9.17) is 0 Å². The largest absolute Gasteiger partial charge is 0.416 e. The summed E-state index contributed by atoms with van der Waals surface area (Å²) in [6, 6.07) is 12.3. The van der Waals surface area contributed by atoms with Crippen LogP contribution in [-0.4, -0.2) is 23.7 Å². The fraction of sp³-hybridized carbons (Fsp3) is 0.111. The van der Waals surface area contributed by atoms with E-state index in [1.165, 1.54) is 18.3 Å². The molecule has 0 spiro atoms. The van der Waals surface area contributed by atoms with Crippen molar-refractivity contribution in [3.8, 4) is 0 Å².